The van der Waals surface area contributed by atoms with Crippen LogP contribution in [-0.2, 0) is 6.18 Å². The van der Waals surface area contributed by atoms with E-state index in [0.717, 1.165) is 6.07 Å². The number of hydrogen-bond acceptors (Lipinski definition) is 2. The zero-order valence-electron chi connectivity index (χ0n) is 10.5. The molecular weight excluding hydrogens is 260 g/mol. The van der Waals surface area contributed by atoms with Crippen LogP contribution in [0.3, 0.4) is 0 Å². The monoisotopic (exact) mass is 276 g/mol. The van der Waals surface area contributed by atoms with E-state index < -0.39 is 17.6 Å². The average molecular weight is 276 g/mol. The molecule has 0 amide bonds. The van der Waals surface area contributed by atoms with Crippen molar-refractivity contribution >= 4 is 0 Å². The number of benzene rings is 1. The first kappa shape index (κ1) is 14.3. The van der Waals surface area contributed by atoms with Crippen LogP contribution < -0.4 is 5.73 Å². The fraction of sp³-hybridized carbons (Fsp3) is 0.538. The van der Waals surface area contributed by atoms with Gasteiger partial charge >= 0.3 is 6.18 Å². The summed E-state index contributed by atoms with van der Waals surface area (Å²) in [5.74, 6) is -0.687. The minimum Gasteiger partial charge on any atom is -0.330 e. The van der Waals surface area contributed by atoms with E-state index in [0.29, 0.717) is 25.6 Å². The Labute approximate surface area is 109 Å². The van der Waals surface area contributed by atoms with Crippen LogP contribution in [0.1, 0.15) is 23.6 Å². The molecule has 0 aliphatic carbocycles. The lowest BCUT2D eigenvalue weighted by Gasteiger charge is -2.23. The first-order valence-electron chi connectivity index (χ1n) is 6.10. The Bertz CT molecular complexity index is 458. The van der Waals surface area contributed by atoms with Crippen molar-refractivity contribution in [2.45, 2.75) is 18.6 Å². The summed E-state index contributed by atoms with van der Waals surface area (Å²) in [5, 5.41) is 0. The van der Waals surface area contributed by atoms with Crippen LogP contribution >= 0.6 is 0 Å². The van der Waals surface area contributed by atoms with Crippen LogP contribution in [0.5, 0.6) is 0 Å². The highest BCUT2D eigenvalue weighted by atomic mass is 19.4. The van der Waals surface area contributed by atoms with Crippen LogP contribution in [0, 0.1) is 11.7 Å². The number of halogens is 4. The average Bonchev–Trinajstić information content (AvgIpc) is 2.69. The van der Waals surface area contributed by atoms with Crippen LogP contribution in [0.15, 0.2) is 18.2 Å². The maximum absolute atomic E-state index is 13.1. The molecule has 6 heteroatoms. The highest BCUT2D eigenvalue weighted by Crippen LogP contribution is 2.41. The lowest BCUT2D eigenvalue weighted by Crippen LogP contribution is -2.22. The van der Waals surface area contributed by atoms with Gasteiger partial charge in [-0.2, -0.15) is 13.2 Å². The molecule has 1 fully saturated rings. The number of nitrogens with two attached hydrogens (primary N) is 1. The number of rotatable bonds is 2. The second kappa shape index (κ2) is 5.09. The van der Waals surface area contributed by atoms with Crippen molar-refractivity contribution in [2.75, 3.05) is 20.1 Å². The largest absolute Gasteiger partial charge is 0.416 e. The summed E-state index contributed by atoms with van der Waals surface area (Å²) in [5.41, 5.74) is 4.82. The molecule has 1 aromatic carbocycles. The Morgan fingerprint density at radius 2 is 2.05 bits per heavy atom. The summed E-state index contributed by atoms with van der Waals surface area (Å²) >= 11 is 0. The smallest absolute Gasteiger partial charge is 0.330 e. The number of likely N-dealkylation sites (tertiary alicyclic amines) is 1. The number of alkyl halides is 3. The van der Waals surface area contributed by atoms with Gasteiger partial charge in [-0.25, -0.2) is 4.39 Å². The van der Waals surface area contributed by atoms with Crippen molar-refractivity contribution in [3.63, 3.8) is 0 Å². The van der Waals surface area contributed by atoms with Gasteiger partial charge in [0.1, 0.15) is 5.82 Å². The van der Waals surface area contributed by atoms with Crippen LogP contribution in [0.25, 0.3) is 0 Å². The van der Waals surface area contributed by atoms with E-state index in [1.165, 1.54) is 6.07 Å². The fourth-order valence-corrected chi connectivity index (χ4v) is 2.70. The third-order valence-corrected chi connectivity index (χ3v) is 3.65. The van der Waals surface area contributed by atoms with Gasteiger partial charge in [0.2, 0.25) is 0 Å². The number of nitrogens with zero attached hydrogens (tertiary/aromatic N) is 1. The Morgan fingerprint density at radius 3 is 2.58 bits per heavy atom. The molecule has 1 heterocycles. The maximum Gasteiger partial charge on any atom is 0.416 e. The van der Waals surface area contributed by atoms with Gasteiger partial charge in [-0.15, -0.1) is 0 Å². The normalized spacial score (nSPS) is 24.9. The van der Waals surface area contributed by atoms with Gasteiger partial charge in [0.05, 0.1) is 5.56 Å². The quantitative estimate of drug-likeness (QED) is 0.842. The van der Waals surface area contributed by atoms with Crippen molar-refractivity contribution in [3.8, 4) is 0 Å². The summed E-state index contributed by atoms with van der Waals surface area (Å²) in [6.07, 6.45) is -3.97. The molecule has 2 nitrogen and oxygen atoms in total. The molecule has 2 rings (SSSR count). The van der Waals surface area contributed by atoms with E-state index >= 15 is 0 Å². The van der Waals surface area contributed by atoms with Gasteiger partial charge in [-0.05, 0) is 43.6 Å². The molecular formula is C13H16F4N2. The summed E-state index contributed by atoms with van der Waals surface area (Å²) < 4.78 is 52.0. The predicted molar refractivity (Wildman–Crippen MR) is 63.9 cm³/mol. The molecule has 0 aromatic heterocycles. The van der Waals surface area contributed by atoms with Crippen molar-refractivity contribution in [2.24, 2.45) is 11.7 Å². The van der Waals surface area contributed by atoms with E-state index in [1.54, 1.807) is 7.05 Å². The highest BCUT2D eigenvalue weighted by molar-refractivity contribution is 5.33. The molecule has 2 unspecified atom stereocenters. The van der Waals surface area contributed by atoms with Gasteiger partial charge in [0, 0.05) is 12.6 Å². The van der Waals surface area contributed by atoms with E-state index in [9.17, 15) is 17.6 Å². The molecule has 1 aromatic rings. The minimum atomic E-state index is -4.54. The summed E-state index contributed by atoms with van der Waals surface area (Å²) in [6, 6.07) is 2.52. The van der Waals surface area contributed by atoms with Gasteiger partial charge in [-0.1, -0.05) is 6.07 Å². The van der Waals surface area contributed by atoms with Crippen molar-refractivity contribution < 1.29 is 17.6 Å². The van der Waals surface area contributed by atoms with Crippen molar-refractivity contribution in [1.29, 1.82) is 0 Å². The molecule has 2 N–H and O–H groups in total. The van der Waals surface area contributed by atoms with Gasteiger partial charge in [-0.3, -0.25) is 4.90 Å². The molecule has 1 aliphatic heterocycles. The molecule has 0 radical (unpaired) electrons. The molecule has 106 valence electrons. The maximum atomic E-state index is 13.1. The summed E-state index contributed by atoms with van der Waals surface area (Å²) in [7, 11) is 1.77. The molecule has 1 saturated heterocycles. The van der Waals surface area contributed by atoms with E-state index in [1.807, 2.05) is 4.90 Å². The SMILES string of the molecule is CN1CC(CN)CC1c1ccc(F)cc1C(F)(F)F. The van der Waals surface area contributed by atoms with Crippen molar-refractivity contribution in [3.05, 3.63) is 35.1 Å². The predicted octanol–water partition coefficient (Wildman–Crippen LogP) is 2.80. The van der Waals surface area contributed by atoms with Gasteiger partial charge in [0.25, 0.3) is 0 Å². The zero-order chi connectivity index (χ0) is 14.2. The second-order valence-corrected chi connectivity index (χ2v) is 5.02. The molecule has 0 spiro atoms. The zero-order valence-corrected chi connectivity index (χ0v) is 10.5. The Hall–Kier alpha value is -1.14. The minimum absolute atomic E-state index is 0.132. The lowest BCUT2D eigenvalue weighted by molar-refractivity contribution is -0.138. The van der Waals surface area contributed by atoms with E-state index in [-0.39, 0.29) is 17.5 Å². The molecule has 19 heavy (non-hydrogen) atoms. The molecule has 0 saturated carbocycles. The Morgan fingerprint density at radius 1 is 1.37 bits per heavy atom. The van der Waals surface area contributed by atoms with Crippen LogP contribution in [-0.4, -0.2) is 25.0 Å². The second-order valence-electron chi connectivity index (χ2n) is 5.02. The molecule has 0 bridgehead atoms. The third-order valence-electron chi connectivity index (χ3n) is 3.65. The van der Waals surface area contributed by atoms with E-state index in [2.05, 4.69) is 0 Å². The Balaban J connectivity index is 2.40. The third kappa shape index (κ3) is 2.90. The van der Waals surface area contributed by atoms with Crippen LogP contribution in [0.4, 0.5) is 17.6 Å². The van der Waals surface area contributed by atoms with E-state index in [4.69, 9.17) is 5.73 Å². The lowest BCUT2D eigenvalue weighted by atomic mass is 9.95. The fourth-order valence-electron chi connectivity index (χ4n) is 2.70. The summed E-state index contributed by atoms with van der Waals surface area (Å²) in [6.45, 7) is 1.11. The topological polar surface area (TPSA) is 29.3 Å². The van der Waals surface area contributed by atoms with Crippen LogP contribution in [0.2, 0.25) is 0 Å². The molecule has 2 atom stereocenters. The first-order valence-corrected chi connectivity index (χ1v) is 6.10. The highest BCUT2D eigenvalue weighted by Gasteiger charge is 2.39. The van der Waals surface area contributed by atoms with Crippen molar-refractivity contribution in [1.82, 2.24) is 4.90 Å². The molecule has 1 aliphatic rings. The summed E-state index contributed by atoms with van der Waals surface area (Å²) in [4.78, 5) is 1.85. The van der Waals surface area contributed by atoms with Gasteiger partial charge in [0.15, 0.2) is 0 Å². The standard InChI is InChI=1S/C13H16F4N2/c1-19-7-8(6-18)4-12(19)10-3-2-9(14)5-11(10)13(15,16)17/h2-3,5,8,12H,4,6-7,18H2,1H3. The van der Waals surface area contributed by atoms with Gasteiger partial charge < -0.3 is 5.73 Å². The Kier molecular flexibility index (Phi) is 3.82. The first-order chi connectivity index (χ1) is 8.82. The number of hydrogen-bond donors (Lipinski definition) is 1.